The molecule has 0 bridgehead atoms. The minimum atomic E-state index is -0.462. The summed E-state index contributed by atoms with van der Waals surface area (Å²) in [7, 11) is 0. The molecule has 2 heteroatoms. The van der Waals surface area contributed by atoms with E-state index in [1.165, 1.54) is 74.6 Å². The summed E-state index contributed by atoms with van der Waals surface area (Å²) in [6.07, 6.45) is 11.8. The van der Waals surface area contributed by atoms with Crippen molar-refractivity contribution in [2.45, 2.75) is 71.1 Å². The lowest BCUT2D eigenvalue weighted by molar-refractivity contribution is 0.253. The highest BCUT2D eigenvalue weighted by atomic mass is 19.1. The number of hydrogen-bond acceptors (Lipinski definition) is 0. The first kappa shape index (κ1) is 20.0. The van der Waals surface area contributed by atoms with E-state index in [1.54, 1.807) is 0 Å². The summed E-state index contributed by atoms with van der Waals surface area (Å²) in [5.74, 6) is 0.622. The first-order valence-corrected chi connectivity index (χ1v) is 10.6. The highest BCUT2D eigenvalue weighted by Crippen LogP contribution is 2.34. The van der Waals surface area contributed by atoms with E-state index in [4.69, 9.17) is 0 Å². The fraction of sp³-hybridized carbons (Fsp3) is 0.520. The molecule has 0 radical (unpaired) electrons. The molecule has 1 aliphatic carbocycles. The van der Waals surface area contributed by atoms with Crippen molar-refractivity contribution in [3.63, 3.8) is 0 Å². The van der Waals surface area contributed by atoms with Crippen molar-refractivity contribution < 1.29 is 8.78 Å². The van der Waals surface area contributed by atoms with Gasteiger partial charge in [0.1, 0.15) is 11.6 Å². The van der Waals surface area contributed by atoms with Gasteiger partial charge in [0.25, 0.3) is 0 Å². The van der Waals surface area contributed by atoms with E-state index in [-0.39, 0.29) is 0 Å². The van der Waals surface area contributed by atoms with Crippen molar-refractivity contribution in [2.75, 3.05) is 0 Å². The van der Waals surface area contributed by atoms with E-state index in [2.05, 4.69) is 31.2 Å². The molecule has 0 saturated heterocycles. The van der Waals surface area contributed by atoms with Crippen molar-refractivity contribution in [1.29, 1.82) is 0 Å². The summed E-state index contributed by atoms with van der Waals surface area (Å²) in [4.78, 5) is 0. The predicted molar refractivity (Wildman–Crippen MR) is 109 cm³/mol. The van der Waals surface area contributed by atoms with Crippen LogP contribution in [0.15, 0.2) is 42.5 Å². The maximum atomic E-state index is 13.3. The summed E-state index contributed by atoms with van der Waals surface area (Å²) >= 11 is 0. The summed E-state index contributed by atoms with van der Waals surface area (Å²) in [5, 5.41) is 0. The Morgan fingerprint density at radius 3 is 1.59 bits per heavy atom. The Labute approximate surface area is 163 Å². The third-order valence-corrected chi connectivity index (χ3v) is 6.13. The molecule has 0 spiro atoms. The molecule has 1 fully saturated rings. The summed E-state index contributed by atoms with van der Waals surface area (Å²) < 4.78 is 26.6. The molecular weight excluding hydrogens is 338 g/mol. The first-order valence-electron chi connectivity index (χ1n) is 10.6. The van der Waals surface area contributed by atoms with Crippen LogP contribution in [0, 0.1) is 23.5 Å². The molecule has 0 heterocycles. The molecule has 0 amide bonds. The smallest absolute Gasteiger partial charge is 0.126 e. The molecule has 0 unspecified atom stereocenters. The molecule has 2 aromatic carbocycles. The van der Waals surface area contributed by atoms with Gasteiger partial charge in [-0.2, -0.15) is 0 Å². The van der Waals surface area contributed by atoms with Gasteiger partial charge in [-0.1, -0.05) is 63.3 Å². The van der Waals surface area contributed by atoms with Gasteiger partial charge in [0.05, 0.1) is 0 Å². The Kier molecular flexibility index (Phi) is 7.43. The van der Waals surface area contributed by atoms with Gasteiger partial charge < -0.3 is 0 Å². The molecule has 1 aliphatic rings. The summed E-state index contributed by atoms with van der Waals surface area (Å²) in [6, 6.07) is 13.1. The Hall–Kier alpha value is -1.70. The average molecular weight is 371 g/mol. The SMILES string of the molecule is CCCc1ccc(CCC2CCC(CCc3cc(F)cc(F)c3)CC2)cc1. The molecule has 146 valence electrons. The van der Waals surface area contributed by atoms with Crippen LogP contribution in [0.1, 0.15) is 68.6 Å². The normalized spacial score (nSPS) is 20.0. The molecule has 3 rings (SSSR count). The van der Waals surface area contributed by atoms with E-state index >= 15 is 0 Å². The van der Waals surface area contributed by atoms with Gasteiger partial charge in [-0.25, -0.2) is 8.78 Å². The molecular formula is C25H32F2. The number of hydrogen-bond donors (Lipinski definition) is 0. The van der Waals surface area contributed by atoms with E-state index in [1.807, 2.05) is 0 Å². The van der Waals surface area contributed by atoms with E-state index in [0.717, 1.165) is 30.4 Å². The largest absolute Gasteiger partial charge is 0.207 e. The van der Waals surface area contributed by atoms with Gasteiger partial charge >= 0.3 is 0 Å². The third kappa shape index (κ3) is 6.45. The van der Waals surface area contributed by atoms with Gasteiger partial charge in [0.2, 0.25) is 0 Å². The van der Waals surface area contributed by atoms with Gasteiger partial charge in [-0.3, -0.25) is 0 Å². The van der Waals surface area contributed by atoms with Crippen molar-refractivity contribution in [1.82, 2.24) is 0 Å². The Bertz CT molecular complexity index is 677. The van der Waals surface area contributed by atoms with Crippen LogP contribution in [-0.4, -0.2) is 0 Å². The third-order valence-electron chi connectivity index (χ3n) is 6.13. The van der Waals surface area contributed by atoms with Crippen molar-refractivity contribution >= 4 is 0 Å². The number of halogens is 2. The van der Waals surface area contributed by atoms with Crippen LogP contribution >= 0.6 is 0 Å². The molecule has 0 nitrogen and oxygen atoms in total. The maximum Gasteiger partial charge on any atom is 0.126 e. The van der Waals surface area contributed by atoms with Crippen molar-refractivity contribution in [2.24, 2.45) is 11.8 Å². The zero-order chi connectivity index (χ0) is 19.1. The second kappa shape index (κ2) is 10.0. The van der Waals surface area contributed by atoms with E-state index in [0.29, 0.717) is 5.92 Å². The fourth-order valence-electron chi connectivity index (χ4n) is 4.47. The van der Waals surface area contributed by atoms with E-state index in [9.17, 15) is 8.78 Å². The van der Waals surface area contributed by atoms with Crippen LogP contribution in [0.3, 0.4) is 0 Å². The molecule has 2 aromatic rings. The van der Waals surface area contributed by atoms with Crippen LogP contribution < -0.4 is 0 Å². The molecule has 0 aromatic heterocycles. The second-order valence-electron chi connectivity index (χ2n) is 8.31. The second-order valence-corrected chi connectivity index (χ2v) is 8.31. The maximum absolute atomic E-state index is 13.3. The molecule has 27 heavy (non-hydrogen) atoms. The van der Waals surface area contributed by atoms with Gasteiger partial charge in [-0.15, -0.1) is 0 Å². The number of aryl methyl sites for hydroxylation is 3. The molecule has 0 aliphatic heterocycles. The highest BCUT2D eigenvalue weighted by molar-refractivity contribution is 5.22. The average Bonchev–Trinajstić information content (AvgIpc) is 2.66. The van der Waals surface area contributed by atoms with Gasteiger partial charge in [0, 0.05) is 6.07 Å². The Morgan fingerprint density at radius 2 is 1.11 bits per heavy atom. The van der Waals surface area contributed by atoms with Gasteiger partial charge in [0.15, 0.2) is 0 Å². The van der Waals surface area contributed by atoms with Crippen LogP contribution in [0.2, 0.25) is 0 Å². The zero-order valence-electron chi connectivity index (χ0n) is 16.5. The topological polar surface area (TPSA) is 0 Å². The predicted octanol–water partition coefficient (Wildman–Crippen LogP) is 7.29. The van der Waals surface area contributed by atoms with Crippen LogP contribution in [0.4, 0.5) is 8.78 Å². The highest BCUT2D eigenvalue weighted by Gasteiger charge is 2.21. The molecule has 0 atom stereocenters. The van der Waals surface area contributed by atoms with Crippen molar-refractivity contribution in [3.8, 4) is 0 Å². The minimum Gasteiger partial charge on any atom is -0.207 e. The lowest BCUT2D eigenvalue weighted by Gasteiger charge is -2.28. The Morgan fingerprint density at radius 1 is 0.667 bits per heavy atom. The fourth-order valence-corrected chi connectivity index (χ4v) is 4.47. The van der Waals surface area contributed by atoms with Crippen LogP contribution in [-0.2, 0) is 19.3 Å². The standard InChI is InChI=1S/C25H32F2/c1-2-3-19-4-6-20(7-5-19)8-9-21-10-12-22(13-11-21)14-15-23-16-24(26)18-25(27)17-23/h4-7,16-18,21-22H,2-3,8-15H2,1H3. The molecule has 1 saturated carbocycles. The number of rotatable bonds is 8. The van der Waals surface area contributed by atoms with Crippen LogP contribution in [0.25, 0.3) is 0 Å². The lowest BCUT2D eigenvalue weighted by atomic mass is 9.77. The van der Waals surface area contributed by atoms with Gasteiger partial charge in [-0.05, 0) is 72.8 Å². The van der Waals surface area contributed by atoms with Crippen molar-refractivity contribution in [3.05, 3.63) is 70.8 Å². The van der Waals surface area contributed by atoms with Crippen LogP contribution in [0.5, 0.6) is 0 Å². The lowest BCUT2D eigenvalue weighted by Crippen LogP contribution is -2.16. The Balaban J connectivity index is 1.37. The monoisotopic (exact) mass is 370 g/mol. The zero-order valence-corrected chi connectivity index (χ0v) is 16.5. The number of benzene rings is 2. The summed E-state index contributed by atoms with van der Waals surface area (Å²) in [5.41, 5.74) is 3.70. The summed E-state index contributed by atoms with van der Waals surface area (Å²) in [6.45, 7) is 2.22. The first-order chi connectivity index (χ1) is 13.1. The van der Waals surface area contributed by atoms with E-state index < -0.39 is 11.6 Å². The molecule has 0 N–H and O–H groups in total. The minimum absolute atomic E-state index is 0.462. The quantitative estimate of drug-likeness (QED) is 0.458.